The molecule has 0 aliphatic carbocycles. The maximum atomic E-state index is 2.32. The minimum Gasteiger partial charge on any atom is -0.0619 e. The first-order chi connectivity index (χ1) is 12.6. The van der Waals surface area contributed by atoms with Gasteiger partial charge in [-0.15, -0.1) is 0 Å². The van der Waals surface area contributed by atoms with Gasteiger partial charge in [0.25, 0.3) is 0 Å². The summed E-state index contributed by atoms with van der Waals surface area (Å²) in [5.74, 6) is 1.13. The molecule has 0 aromatic heterocycles. The summed E-state index contributed by atoms with van der Waals surface area (Å²) in [6.07, 6.45) is 0. The van der Waals surface area contributed by atoms with E-state index in [1.807, 2.05) is 0 Å². The van der Waals surface area contributed by atoms with E-state index in [0.717, 1.165) is 17.2 Å². The molecule has 134 valence electrons. The Kier molecular flexibility index (Phi) is 6.63. The molecule has 0 aliphatic heterocycles. The molecule has 3 aromatic carbocycles. The van der Waals surface area contributed by atoms with Crippen molar-refractivity contribution in [3.8, 4) is 0 Å². The number of hydrogen-bond acceptors (Lipinski definition) is 0. The van der Waals surface area contributed by atoms with Gasteiger partial charge in [-0.3, -0.25) is 0 Å². The number of hydrogen-bond donors (Lipinski definition) is 0. The average Bonchev–Trinajstić information content (AvgIpc) is 2.64. The van der Waals surface area contributed by atoms with Gasteiger partial charge in [0.1, 0.15) is 0 Å². The predicted octanol–water partition coefficient (Wildman–Crippen LogP) is 5.19. The van der Waals surface area contributed by atoms with Crippen LogP contribution in [-0.2, 0) is 0 Å². The minimum absolute atomic E-state index is 0.565. The van der Waals surface area contributed by atoms with Gasteiger partial charge in [0.15, 0.2) is 0 Å². The standard InChI is InChI=1S/C24H28P2/c1-17(2)19-11-5-7-13-21(19)25-23-15-9-10-16-24(23)26-22-14-8-6-12-20(22)18(3)4/h5-18,25-26H,1-4H3. The maximum absolute atomic E-state index is 2.32. The minimum atomic E-state index is 0.565. The van der Waals surface area contributed by atoms with Gasteiger partial charge in [0.05, 0.1) is 0 Å². The lowest BCUT2D eigenvalue weighted by Gasteiger charge is -2.17. The lowest BCUT2D eigenvalue weighted by molar-refractivity contribution is 0.874. The average molecular weight is 378 g/mol. The van der Waals surface area contributed by atoms with E-state index in [1.165, 1.54) is 32.3 Å². The van der Waals surface area contributed by atoms with Gasteiger partial charge in [0.2, 0.25) is 0 Å². The SMILES string of the molecule is CC(C)c1ccccc1Pc1ccccc1Pc1ccccc1C(C)C. The first-order valence-electron chi connectivity index (χ1n) is 9.37. The third-order valence-corrected chi connectivity index (χ3v) is 7.74. The molecule has 3 aromatic rings. The van der Waals surface area contributed by atoms with E-state index in [-0.39, 0.29) is 0 Å². The molecule has 2 heteroatoms. The Balaban J connectivity index is 1.93. The van der Waals surface area contributed by atoms with Gasteiger partial charge < -0.3 is 0 Å². The number of rotatable bonds is 6. The van der Waals surface area contributed by atoms with Crippen LogP contribution in [0.15, 0.2) is 72.8 Å². The zero-order chi connectivity index (χ0) is 18.5. The van der Waals surface area contributed by atoms with Crippen molar-refractivity contribution in [2.75, 3.05) is 0 Å². The van der Waals surface area contributed by atoms with E-state index in [9.17, 15) is 0 Å². The van der Waals surface area contributed by atoms with Crippen molar-refractivity contribution < 1.29 is 0 Å². The number of benzene rings is 3. The van der Waals surface area contributed by atoms with Gasteiger partial charge in [-0.25, -0.2) is 0 Å². The Morgan fingerprint density at radius 1 is 0.462 bits per heavy atom. The normalized spacial score (nSPS) is 12.2. The fourth-order valence-corrected chi connectivity index (χ4v) is 6.36. The molecular formula is C24H28P2. The summed E-state index contributed by atoms with van der Waals surface area (Å²) >= 11 is 0. The summed E-state index contributed by atoms with van der Waals surface area (Å²) in [6, 6.07) is 26.8. The van der Waals surface area contributed by atoms with E-state index in [4.69, 9.17) is 0 Å². The third kappa shape index (κ3) is 4.62. The van der Waals surface area contributed by atoms with Crippen LogP contribution < -0.4 is 21.2 Å². The summed E-state index contributed by atoms with van der Waals surface area (Å²) in [5.41, 5.74) is 2.96. The largest absolute Gasteiger partial charge is 0.0619 e. The molecule has 0 nitrogen and oxygen atoms in total. The van der Waals surface area contributed by atoms with Crippen LogP contribution in [0.3, 0.4) is 0 Å². The first kappa shape index (κ1) is 19.3. The Bertz CT molecular complexity index is 793. The lowest BCUT2D eigenvalue weighted by atomic mass is 10.0. The van der Waals surface area contributed by atoms with Crippen LogP contribution in [0.2, 0.25) is 0 Å². The molecule has 0 fully saturated rings. The molecule has 3 rings (SSSR count). The topological polar surface area (TPSA) is 0 Å². The molecule has 0 spiro atoms. The molecule has 0 aliphatic rings. The highest BCUT2D eigenvalue weighted by Gasteiger charge is 2.11. The van der Waals surface area contributed by atoms with Crippen LogP contribution in [0.5, 0.6) is 0 Å². The van der Waals surface area contributed by atoms with Crippen molar-refractivity contribution in [3.63, 3.8) is 0 Å². The highest BCUT2D eigenvalue weighted by molar-refractivity contribution is 7.62. The molecule has 0 saturated carbocycles. The second kappa shape index (κ2) is 8.94. The summed E-state index contributed by atoms with van der Waals surface area (Å²) in [7, 11) is 1.43. The molecule has 0 amide bonds. The van der Waals surface area contributed by atoms with Gasteiger partial charge >= 0.3 is 0 Å². The third-order valence-electron chi connectivity index (χ3n) is 4.63. The Labute approximate surface area is 162 Å². The predicted molar refractivity (Wildman–Crippen MR) is 123 cm³/mol. The Morgan fingerprint density at radius 2 is 0.769 bits per heavy atom. The van der Waals surface area contributed by atoms with E-state index < -0.39 is 0 Å². The van der Waals surface area contributed by atoms with Crippen molar-refractivity contribution in [1.29, 1.82) is 0 Å². The van der Waals surface area contributed by atoms with Crippen LogP contribution >= 0.6 is 17.2 Å². The van der Waals surface area contributed by atoms with Gasteiger partial charge in [0, 0.05) is 0 Å². The molecule has 0 N–H and O–H groups in total. The zero-order valence-electron chi connectivity index (χ0n) is 16.1. The van der Waals surface area contributed by atoms with Crippen molar-refractivity contribution in [2.24, 2.45) is 0 Å². The monoisotopic (exact) mass is 378 g/mol. The Morgan fingerprint density at radius 3 is 1.12 bits per heavy atom. The molecule has 26 heavy (non-hydrogen) atoms. The van der Waals surface area contributed by atoms with E-state index in [1.54, 1.807) is 0 Å². The van der Waals surface area contributed by atoms with E-state index in [0.29, 0.717) is 11.8 Å². The Hall–Kier alpha value is -1.48. The second-order valence-electron chi connectivity index (χ2n) is 7.28. The molecule has 0 bridgehead atoms. The highest BCUT2D eigenvalue weighted by Crippen LogP contribution is 2.23. The van der Waals surface area contributed by atoms with Crippen molar-refractivity contribution in [1.82, 2.24) is 0 Å². The smallest absolute Gasteiger partial charge is 0.0149 e. The summed E-state index contributed by atoms with van der Waals surface area (Å²) in [6.45, 7) is 9.15. The maximum Gasteiger partial charge on any atom is -0.0149 e. The molecule has 2 atom stereocenters. The van der Waals surface area contributed by atoms with Crippen LogP contribution in [-0.4, -0.2) is 0 Å². The summed E-state index contributed by atoms with van der Waals surface area (Å²) < 4.78 is 0. The highest BCUT2D eigenvalue weighted by atomic mass is 31.1. The van der Waals surface area contributed by atoms with Crippen molar-refractivity contribution in [2.45, 2.75) is 39.5 Å². The van der Waals surface area contributed by atoms with Gasteiger partial charge in [-0.2, -0.15) is 0 Å². The molecular weight excluding hydrogens is 350 g/mol. The lowest BCUT2D eigenvalue weighted by Crippen LogP contribution is -2.22. The fraction of sp³-hybridized carbons (Fsp3) is 0.250. The van der Waals surface area contributed by atoms with Crippen molar-refractivity contribution >= 4 is 38.4 Å². The molecule has 2 unspecified atom stereocenters. The molecule has 0 radical (unpaired) electrons. The fourth-order valence-electron chi connectivity index (χ4n) is 3.22. The van der Waals surface area contributed by atoms with Gasteiger partial charge in [-0.1, -0.05) is 118 Å². The van der Waals surface area contributed by atoms with Crippen LogP contribution in [0.4, 0.5) is 0 Å². The summed E-state index contributed by atoms with van der Waals surface area (Å²) in [5, 5.41) is 5.93. The van der Waals surface area contributed by atoms with Crippen LogP contribution in [0.25, 0.3) is 0 Å². The van der Waals surface area contributed by atoms with Crippen molar-refractivity contribution in [3.05, 3.63) is 83.9 Å². The molecule has 0 heterocycles. The van der Waals surface area contributed by atoms with Gasteiger partial charge in [-0.05, 0) is 44.2 Å². The van der Waals surface area contributed by atoms with Crippen LogP contribution in [0, 0.1) is 0 Å². The summed E-state index contributed by atoms with van der Waals surface area (Å²) in [4.78, 5) is 0. The second-order valence-corrected chi connectivity index (χ2v) is 9.93. The quantitative estimate of drug-likeness (QED) is 0.518. The van der Waals surface area contributed by atoms with Crippen LogP contribution in [0.1, 0.15) is 50.7 Å². The first-order valence-corrected chi connectivity index (χ1v) is 11.4. The molecule has 0 saturated heterocycles. The van der Waals surface area contributed by atoms with E-state index in [2.05, 4.69) is 100 Å². The zero-order valence-corrected chi connectivity index (χ0v) is 18.1. The van der Waals surface area contributed by atoms with E-state index >= 15 is 0 Å².